The Labute approximate surface area is 473 Å². The van der Waals surface area contributed by atoms with Gasteiger partial charge in [-0.05, 0) is 77.0 Å². The number of carbonyl (C=O) groups excluding carboxylic acids is 2. The third-order valence-corrected chi connectivity index (χ3v) is 15.5. The Hall–Kier alpha value is -2.12. The van der Waals surface area contributed by atoms with E-state index in [2.05, 4.69) is 50.4 Å². The Morgan fingerprint density at radius 2 is 0.857 bits per heavy atom. The molecule has 11 heteroatoms. The Morgan fingerprint density at radius 1 is 0.494 bits per heavy atom. The Kier molecular flexibility index (Phi) is 51.6. The van der Waals surface area contributed by atoms with Crippen LogP contribution >= 0.6 is 0 Å². The summed E-state index contributed by atoms with van der Waals surface area (Å²) in [5.41, 5.74) is 0. The summed E-state index contributed by atoms with van der Waals surface area (Å²) < 4.78 is 17.7. The van der Waals surface area contributed by atoms with Crippen LogP contribution in [0.1, 0.15) is 310 Å². The molecule has 0 saturated carbocycles. The molecule has 0 bridgehead atoms. The van der Waals surface area contributed by atoms with Crippen LogP contribution in [0, 0.1) is 0 Å². The number of carbonyl (C=O) groups is 2. The Morgan fingerprint density at radius 3 is 1.27 bits per heavy atom. The number of rotatable bonds is 56. The van der Waals surface area contributed by atoms with Crippen molar-refractivity contribution in [1.29, 1.82) is 0 Å². The van der Waals surface area contributed by atoms with Gasteiger partial charge in [-0.25, -0.2) is 0 Å². The molecule has 0 aromatic heterocycles. The number of hydrogen-bond donors (Lipinski definition) is 6. The maximum absolute atomic E-state index is 13.4. The van der Waals surface area contributed by atoms with E-state index < -0.39 is 67.4 Å². The predicted molar refractivity (Wildman–Crippen MR) is 320 cm³/mol. The highest BCUT2D eigenvalue weighted by Crippen LogP contribution is 2.26. The second-order valence-electron chi connectivity index (χ2n) is 22.8. The van der Waals surface area contributed by atoms with Gasteiger partial charge in [0.05, 0.1) is 25.4 Å². The molecule has 452 valence electrons. The van der Waals surface area contributed by atoms with Crippen LogP contribution in [0.4, 0.5) is 0 Å². The molecule has 0 spiro atoms. The molecular formula is C66H123NO10. The first-order chi connectivity index (χ1) is 37.7. The molecule has 11 nitrogen and oxygen atoms in total. The number of esters is 1. The third-order valence-electron chi connectivity index (χ3n) is 15.5. The van der Waals surface area contributed by atoms with E-state index in [4.69, 9.17) is 14.2 Å². The minimum atomic E-state index is -1.61. The number of aliphatic hydroxyl groups is 5. The number of amides is 1. The average Bonchev–Trinajstić information content (AvgIpc) is 3.43. The quantitative estimate of drug-likeness (QED) is 0.0195. The lowest BCUT2D eigenvalue weighted by molar-refractivity contribution is -0.305. The topological polar surface area (TPSA) is 175 Å². The molecule has 1 amide bonds. The molecule has 1 saturated heterocycles. The minimum absolute atomic E-state index is 0.125. The van der Waals surface area contributed by atoms with Gasteiger partial charge in [-0.15, -0.1) is 0 Å². The highest BCUT2D eigenvalue weighted by molar-refractivity contribution is 5.80. The van der Waals surface area contributed by atoms with Crippen LogP contribution in [0.15, 0.2) is 36.5 Å². The van der Waals surface area contributed by atoms with Crippen molar-refractivity contribution in [2.24, 2.45) is 0 Å². The summed E-state index contributed by atoms with van der Waals surface area (Å²) >= 11 is 0. The molecule has 77 heavy (non-hydrogen) atoms. The molecule has 6 N–H and O–H groups in total. The molecule has 1 aliphatic rings. The van der Waals surface area contributed by atoms with E-state index in [-0.39, 0.29) is 19.4 Å². The standard InChI is InChI=1S/C66H123NO10/c1-4-7-10-13-16-19-22-25-27-28-29-30-31-32-33-36-39-42-45-48-51-54-61(71)77-64-63(73)62(72)60(55-68)76-66(64)75-56-57(58(69)52-49-46-43-40-37-34-24-21-18-15-12-9-6-3)67-65(74)59(70)53-50-47-44-41-38-35-26-23-20-17-14-11-8-5-2/h20,23,25,27,49,52,57-60,62-64,66,68-70,72-73H,4-19,21-22,24,26,28-48,50-51,53-56H2,1-3H3,(H,67,74)/b23-20-,27-25+,52-49+. The summed E-state index contributed by atoms with van der Waals surface area (Å²) in [6, 6.07) is -1.02. The highest BCUT2D eigenvalue weighted by atomic mass is 16.7. The molecule has 1 heterocycles. The largest absolute Gasteiger partial charge is 0.454 e. The first-order valence-electron chi connectivity index (χ1n) is 32.8. The van der Waals surface area contributed by atoms with E-state index in [1.807, 2.05) is 6.08 Å². The fourth-order valence-corrected chi connectivity index (χ4v) is 10.3. The van der Waals surface area contributed by atoms with Gasteiger partial charge in [-0.3, -0.25) is 9.59 Å². The van der Waals surface area contributed by atoms with Crippen molar-refractivity contribution in [3.8, 4) is 0 Å². The lowest BCUT2D eigenvalue weighted by Gasteiger charge is -2.41. The van der Waals surface area contributed by atoms with Crippen LogP contribution in [0.25, 0.3) is 0 Å². The monoisotopic (exact) mass is 1090 g/mol. The third kappa shape index (κ3) is 42.4. The van der Waals surface area contributed by atoms with Gasteiger partial charge in [0, 0.05) is 6.42 Å². The van der Waals surface area contributed by atoms with E-state index in [1.165, 1.54) is 193 Å². The van der Waals surface area contributed by atoms with E-state index in [0.29, 0.717) is 12.8 Å². The zero-order valence-electron chi connectivity index (χ0n) is 50.1. The Balaban J connectivity index is 2.64. The Bertz CT molecular complexity index is 1390. The number of nitrogens with one attached hydrogen (secondary N) is 1. The van der Waals surface area contributed by atoms with Crippen LogP contribution in [-0.4, -0.2) is 99.6 Å². The predicted octanol–water partition coefficient (Wildman–Crippen LogP) is 15.8. The molecule has 0 aliphatic carbocycles. The minimum Gasteiger partial charge on any atom is -0.454 e. The van der Waals surface area contributed by atoms with Gasteiger partial charge in [-0.2, -0.15) is 0 Å². The smallest absolute Gasteiger partial charge is 0.306 e. The molecule has 8 unspecified atom stereocenters. The van der Waals surface area contributed by atoms with Gasteiger partial charge in [0.15, 0.2) is 12.4 Å². The summed E-state index contributed by atoms with van der Waals surface area (Å²) in [6.07, 6.45) is 54.6. The second-order valence-corrected chi connectivity index (χ2v) is 22.8. The number of aliphatic hydroxyl groups excluding tert-OH is 5. The lowest BCUT2D eigenvalue weighted by atomic mass is 9.99. The molecule has 1 aliphatic heterocycles. The maximum Gasteiger partial charge on any atom is 0.306 e. The summed E-state index contributed by atoms with van der Waals surface area (Å²) in [5.74, 6) is -1.19. The molecule has 0 aromatic rings. The number of ether oxygens (including phenoxy) is 3. The second kappa shape index (κ2) is 54.5. The first kappa shape index (κ1) is 72.9. The molecule has 0 aromatic carbocycles. The molecule has 1 fully saturated rings. The molecular weight excluding hydrogens is 967 g/mol. The van der Waals surface area contributed by atoms with Crippen LogP contribution in [0.3, 0.4) is 0 Å². The van der Waals surface area contributed by atoms with Gasteiger partial charge in [0.1, 0.15) is 24.4 Å². The van der Waals surface area contributed by atoms with Crippen molar-refractivity contribution >= 4 is 11.9 Å². The van der Waals surface area contributed by atoms with Crippen molar-refractivity contribution in [3.63, 3.8) is 0 Å². The van der Waals surface area contributed by atoms with Crippen molar-refractivity contribution in [2.75, 3.05) is 13.2 Å². The summed E-state index contributed by atoms with van der Waals surface area (Å²) in [7, 11) is 0. The van der Waals surface area contributed by atoms with E-state index in [9.17, 15) is 35.1 Å². The SMILES string of the molecule is CCCCCC/C=C\CCCCCCCCC(O)C(=O)NC(COC1OC(CO)C(O)C(O)C1OC(=O)CCCCCCCCCCCCC/C=C/CCCCCCCC)C(O)/C=C/CCCCCCCCCCCCC. The lowest BCUT2D eigenvalue weighted by Crippen LogP contribution is -2.61. The molecule has 8 atom stereocenters. The summed E-state index contributed by atoms with van der Waals surface area (Å²) in [6.45, 7) is 5.80. The van der Waals surface area contributed by atoms with Crippen molar-refractivity contribution in [3.05, 3.63) is 36.5 Å². The summed E-state index contributed by atoms with van der Waals surface area (Å²) in [4.78, 5) is 26.6. The van der Waals surface area contributed by atoms with Crippen LogP contribution in [0.2, 0.25) is 0 Å². The fourth-order valence-electron chi connectivity index (χ4n) is 10.3. The van der Waals surface area contributed by atoms with E-state index >= 15 is 0 Å². The van der Waals surface area contributed by atoms with Gasteiger partial charge in [0.2, 0.25) is 5.91 Å². The maximum atomic E-state index is 13.4. The van der Waals surface area contributed by atoms with Crippen LogP contribution in [0.5, 0.6) is 0 Å². The van der Waals surface area contributed by atoms with E-state index in [0.717, 1.165) is 70.6 Å². The normalized spacial score (nSPS) is 19.2. The zero-order valence-corrected chi connectivity index (χ0v) is 50.1. The van der Waals surface area contributed by atoms with E-state index in [1.54, 1.807) is 6.08 Å². The first-order valence-corrected chi connectivity index (χ1v) is 32.8. The number of unbranched alkanes of at least 4 members (excludes halogenated alkanes) is 38. The van der Waals surface area contributed by atoms with Crippen molar-refractivity contribution in [2.45, 2.75) is 359 Å². The van der Waals surface area contributed by atoms with Crippen LogP contribution in [-0.2, 0) is 23.8 Å². The van der Waals surface area contributed by atoms with Gasteiger partial charge in [-0.1, -0.05) is 263 Å². The molecule has 0 radical (unpaired) electrons. The fraction of sp³-hybridized carbons (Fsp3) is 0.879. The number of hydrogen-bond acceptors (Lipinski definition) is 10. The zero-order chi connectivity index (χ0) is 56.1. The average molecular weight is 1090 g/mol. The van der Waals surface area contributed by atoms with Crippen molar-refractivity contribution in [1.82, 2.24) is 5.32 Å². The summed E-state index contributed by atoms with van der Waals surface area (Å²) in [5, 5.41) is 57.0. The van der Waals surface area contributed by atoms with Gasteiger partial charge >= 0.3 is 5.97 Å². The van der Waals surface area contributed by atoms with Crippen LogP contribution < -0.4 is 5.32 Å². The van der Waals surface area contributed by atoms with Gasteiger partial charge < -0.3 is 45.1 Å². The number of allylic oxidation sites excluding steroid dienone is 5. The van der Waals surface area contributed by atoms with Crippen molar-refractivity contribution < 1.29 is 49.3 Å². The highest BCUT2D eigenvalue weighted by Gasteiger charge is 2.47. The van der Waals surface area contributed by atoms with Gasteiger partial charge in [0.25, 0.3) is 0 Å². The molecule has 1 rings (SSSR count).